The Morgan fingerprint density at radius 1 is 0.932 bits per heavy atom. The topological polar surface area (TPSA) is 93.6 Å². The molecule has 3 fully saturated rings. The van der Waals surface area contributed by atoms with Crippen LogP contribution in [0.2, 0.25) is 0 Å². The zero-order chi connectivity index (χ0) is 31.1. The molecule has 0 aromatic heterocycles. The molecule has 6 rings (SSSR count). The van der Waals surface area contributed by atoms with Crippen LogP contribution in [-0.4, -0.2) is 123 Å². The van der Waals surface area contributed by atoms with E-state index in [9.17, 15) is 19.5 Å². The summed E-state index contributed by atoms with van der Waals surface area (Å²) in [5.74, 6) is -1.46. The lowest BCUT2D eigenvalue weighted by atomic mass is 9.74. The van der Waals surface area contributed by atoms with Gasteiger partial charge >= 0.3 is 0 Å². The molecule has 1 spiro atoms. The van der Waals surface area contributed by atoms with E-state index >= 15 is 0 Å². The lowest BCUT2D eigenvalue weighted by Crippen LogP contribution is -2.57. The molecule has 238 valence electrons. The van der Waals surface area contributed by atoms with Crippen molar-refractivity contribution in [2.45, 2.75) is 55.3 Å². The molecule has 5 heterocycles. The highest BCUT2D eigenvalue weighted by Gasteiger charge is 2.74. The Balaban J connectivity index is 1.37. The predicted octanol–water partition coefficient (Wildman–Crippen LogP) is 2.41. The summed E-state index contributed by atoms with van der Waals surface area (Å²) in [6.45, 7) is 11.7. The molecule has 6 atom stereocenters. The summed E-state index contributed by atoms with van der Waals surface area (Å²) in [5, 5.41) is 10.6. The molecule has 5 aliphatic heterocycles. The first kappa shape index (κ1) is 31.3. The van der Waals surface area contributed by atoms with Crippen molar-refractivity contribution in [1.29, 1.82) is 0 Å². The molecule has 3 amide bonds. The third kappa shape index (κ3) is 5.52. The van der Waals surface area contributed by atoms with Crippen LogP contribution in [0.3, 0.4) is 0 Å². The van der Waals surface area contributed by atoms with Gasteiger partial charge in [0.15, 0.2) is 0 Å². The Bertz CT molecular complexity index is 1300. The molecule has 1 aromatic carbocycles. The number of aliphatic hydroxyl groups is 1. The van der Waals surface area contributed by atoms with Gasteiger partial charge in [0.2, 0.25) is 17.7 Å². The van der Waals surface area contributed by atoms with Crippen molar-refractivity contribution in [3.63, 3.8) is 0 Å². The fraction of sp³-hybridized carbons (Fsp3) is 0.618. The molecule has 1 aromatic rings. The third-order valence-electron chi connectivity index (χ3n) is 10.0. The summed E-state index contributed by atoms with van der Waals surface area (Å²) >= 11 is 1.60. The molecular formula is C34H46N4O5S. The van der Waals surface area contributed by atoms with Gasteiger partial charge in [-0.25, -0.2) is 0 Å². The Labute approximate surface area is 265 Å². The first-order chi connectivity index (χ1) is 21.2. The summed E-state index contributed by atoms with van der Waals surface area (Å²) in [7, 11) is 0. The average Bonchev–Trinajstić information content (AvgIpc) is 3.30. The number of rotatable bonds is 9. The quantitative estimate of drug-likeness (QED) is 0.423. The van der Waals surface area contributed by atoms with Gasteiger partial charge in [-0.3, -0.25) is 19.3 Å². The van der Waals surface area contributed by atoms with Gasteiger partial charge in [-0.05, 0) is 24.8 Å². The standard InChI is InChI=1S/C34H46N4O5S/c1-24(2)21-26(23-39)38-29-32(42)36(16-15-35-17-19-43-20-18-35)13-8-12-34(29)28(31(38)41)27-30(40)37(14-7-11-33(27,3)44-34)22-25-9-5-4-6-10-25/h4-12,24,26-29,39H,13-23H2,1-3H3/t26-,27+,28+,29?,33-,34+/m1/s1. The molecule has 44 heavy (non-hydrogen) atoms. The third-order valence-corrected chi connectivity index (χ3v) is 11.8. The Morgan fingerprint density at radius 3 is 2.34 bits per heavy atom. The van der Waals surface area contributed by atoms with Crippen molar-refractivity contribution in [3.05, 3.63) is 60.2 Å². The lowest BCUT2D eigenvalue weighted by Gasteiger charge is -2.40. The van der Waals surface area contributed by atoms with E-state index < -0.39 is 33.4 Å². The van der Waals surface area contributed by atoms with Crippen LogP contribution >= 0.6 is 11.8 Å². The van der Waals surface area contributed by atoms with Gasteiger partial charge in [0.05, 0.1) is 42.4 Å². The van der Waals surface area contributed by atoms with Gasteiger partial charge in [0.1, 0.15) is 6.04 Å². The van der Waals surface area contributed by atoms with Gasteiger partial charge in [-0.15, -0.1) is 11.8 Å². The summed E-state index contributed by atoms with van der Waals surface area (Å²) < 4.78 is 3.93. The zero-order valence-electron chi connectivity index (χ0n) is 26.1. The highest BCUT2D eigenvalue weighted by atomic mass is 32.2. The van der Waals surface area contributed by atoms with Crippen LogP contribution in [0.5, 0.6) is 0 Å². The second-order valence-electron chi connectivity index (χ2n) is 13.5. The fourth-order valence-corrected chi connectivity index (χ4v) is 10.1. The maximum absolute atomic E-state index is 14.8. The monoisotopic (exact) mass is 622 g/mol. The number of amides is 3. The summed E-state index contributed by atoms with van der Waals surface area (Å²) in [5.41, 5.74) is 1.04. The van der Waals surface area contributed by atoms with E-state index in [1.165, 1.54) is 0 Å². The lowest BCUT2D eigenvalue weighted by molar-refractivity contribution is -0.147. The van der Waals surface area contributed by atoms with E-state index in [2.05, 4.69) is 43.9 Å². The number of carbonyl (C=O) groups is 3. The summed E-state index contributed by atoms with van der Waals surface area (Å²) in [6, 6.07) is 8.63. The van der Waals surface area contributed by atoms with Crippen LogP contribution in [-0.2, 0) is 25.7 Å². The molecule has 0 saturated carbocycles. The van der Waals surface area contributed by atoms with Gasteiger partial charge in [-0.1, -0.05) is 68.5 Å². The van der Waals surface area contributed by atoms with Gasteiger partial charge in [0.25, 0.3) is 0 Å². The minimum atomic E-state index is -0.915. The minimum Gasteiger partial charge on any atom is -0.394 e. The molecule has 0 bridgehead atoms. The van der Waals surface area contributed by atoms with E-state index in [-0.39, 0.29) is 30.2 Å². The summed E-state index contributed by atoms with van der Waals surface area (Å²) in [4.78, 5) is 51.8. The van der Waals surface area contributed by atoms with E-state index in [0.29, 0.717) is 45.8 Å². The van der Waals surface area contributed by atoms with Crippen LogP contribution in [0.15, 0.2) is 54.6 Å². The van der Waals surface area contributed by atoms with E-state index in [1.54, 1.807) is 16.7 Å². The second-order valence-corrected chi connectivity index (χ2v) is 15.2. The van der Waals surface area contributed by atoms with Crippen LogP contribution in [0.4, 0.5) is 0 Å². The van der Waals surface area contributed by atoms with Crippen molar-refractivity contribution in [2.75, 3.05) is 59.1 Å². The average molecular weight is 623 g/mol. The molecule has 1 N–H and O–H groups in total. The molecule has 1 unspecified atom stereocenters. The second kappa shape index (κ2) is 12.6. The Hall–Kier alpha value is -2.66. The van der Waals surface area contributed by atoms with E-state index in [0.717, 1.165) is 25.2 Å². The number of hydrogen-bond acceptors (Lipinski definition) is 7. The molecule has 5 aliphatic rings. The van der Waals surface area contributed by atoms with E-state index in [4.69, 9.17) is 4.74 Å². The van der Waals surface area contributed by atoms with Crippen LogP contribution < -0.4 is 0 Å². The molecule has 0 radical (unpaired) electrons. The van der Waals surface area contributed by atoms with Crippen molar-refractivity contribution in [3.8, 4) is 0 Å². The van der Waals surface area contributed by atoms with Crippen LogP contribution in [0.1, 0.15) is 32.8 Å². The number of benzene rings is 1. The number of thioether (sulfide) groups is 1. The number of likely N-dealkylation sites (tertiary alicyclic amines) is 1. The predicted molar refractivity (Wildman–Crippen MR) is 171 cm³/mol. The SMILES string of the molecule is CC(C)C[C@H](CO)N1C(=O)[C@@H]2[C@H]3C(=O)N(Cc4ccccc4)CC=C[C@@]3(C)S[C@@]23C=CCN(CCN2CCOCC2)C(=O)C13. The Morgan fingerprint density at radius 2 is 1.64 bits per heavy atom. The number of morpholine rings is 1. The molecule has 3 saturated heterocycles. The van der Waals surface area contributed by atoms with Gasteiger partial charge < -0.3 is 24.5 Å². The number of carbonyl (C=O) groups excluding carboxylic acids is 3. The normalized spacial score (nSPS) is 33.0. The zero-order valence-corrected chi connectivity index (χ0v) is 27.0. The maximum Gasteiger partial charge on any atom is 0.247 e. The fourth-order valence-electron chi connectivity index (χ4n) is 8.01. The molecule has 0 aliphatic carbocycles. The first-order valence-corrected chi connectivity index (χ1v) is 16.9. The highest BCUT2D eigenvalue weighted by molar-refractivity contribution is 8.02. The van der Waals surface area contributed by atoms with Crippen molar-refractivity contribution in [1.82, 2.24) is 19.6 Å². The maximum atomic E-state index is 14.8. The van der Waals surface area contributed by atoms with Crippen LogP contribution in [0.25, 0.3) is 0 Å². The number of fused-ring (bicyclic) bond motifs is 2. The highest BCUT2D eigenvalue weighted by Crippen LogP contribution is 2.66. The number of ether oxygens (including phenoxy) is 1. The van der Waals surface area contributed by atoms with Crippen molar-refractivity contribution >= 4 is 29.5 Å². The molecular weight excluding hydrogens is 576 g/mol. The van der Waals surface area contributed by atoms with Crippen molar-refractivity contribution < 1.29 is 24.2 Å². The smallest absolute Gasteiger partial charge is 0.247 e. The molecule has 10 heteroatoms. The largest absolute Gasteiger partial charge is 0.394 e. The van der Waals surface area contributed by atoms with Crippen molar-refractivity contribution in [2.24, 2.45) is 17.8 Å². The number of hydrogen-bond donors (Lipinski definition) is 1. The first-order valence-electron chi connectivity index (χ1n) is 16.1. The number of aliphatic hydroxyl groups excluding tert-OH is 1. The van der Waals surface area contributed by atoms with Gasteiger partial charge in [0, 0.05) is 50.6 Å². The minimum absolute atomic E-state index is 0.0524. The van der Waals surface area contributed by atoms with E-state index in [1.807, 2.05) is 46.2 Å². The van der Waals surface area contributed by atoms with Gasteiger partial charge in [-0.2, -0.15) is 0 Å². The Kier molecular flexibility index (Phi) is 8.98. The van der Waals surface area contributed by atoms with Crippen LogP contribution in [0, 0.1) is 17.8 Å². The summed E-state index contributed by atoms with van der Waals surface area (Å²) in [6.07, 6.45) is 8.84. The molecule has 9 nitrogen and oxygen atoms in total. The number of nitrogens with zero attached hydrogens (tertiary/aromatic N) is 4.